The minimum atomic E-state index is -0.0405. The zero-order valence-corrected chi connectivity index (χ0v) is 29.6. The molecule has 2 saturated heterocycles. The number of ether oxygens (including phenoxy) is 1. The Labute approximate surface area is 296 Å². The molecule has 2 heterocycles. The van der Waals surface area contributed by atoms with Gasteiger partial charge >= 0.3 is 6.03 Å². The predicted octanol–water partition coefficient (Wildman–Crippen LogP) is 5.21. The van der Waals surface area contributed by atoms with Crippen molar-refractivity contribution in [2.45, 2.75) is 125 Å². The maximum absolute atomic E-state index is 12.5. The van der Waals surface area contributed by atoms with E-state index in [0.717, 1.165) is 49.8 Å². The standard InChI is InChI=1S/C39H55N5O4S/c40-30-14-16-31(17-15-30)42-34-24-33(34)28-12-10-27(11-13-28)29-6-4-5-26(23-29)9-18-37(46)41-20-22-48-21-19-32(45)7-2-1-3-8-36-38-35(25-49-36)43-39(47)44-38/h4-6,10-13,23,30-31,33-36,38,42H,1-3,7-9,14-22,24-25,40H2,(H,41,46)(H2,43,44,47)/t30?,31?,33-,34+,35-,36-,38-/m0/s1. The number of urea groups is 1. The van der Waals surface area contributed by atoms with E-state index in [2.05, 4.69) is 69.8 Å². The highest BCUT2D eigenvalue weighted by molar-refractivity contribution is 8.00. The number of unbranched alkanes of at least 4 members (excludes halogenated alkanes) is 2. The average molecular weight is 690 g/mol. The number of carbonyl (C=O) groups is 3. The second kappa shape index (κ2) is 17.8. The minimum Gasteiger partial charge on any atom is -0.379 e. The summed E-state index contributed by atoms with van der Waals surface area (Å²) in [5.41, 5.74) is 11.0. The Bertz CT molecular complexity index is 1400. The summed E-state index contributed by atoms with van der Waals surface area (Å²) in [6, 6.07) is 19.6. The molecular formula is C39H55N5O4S. The first-order valence-electron chi connectivity index (χ1n) is 18.7. The molecule has 9 nitrogen and oxygen atoms in total. The third-order valence-corrected chi connectivity index (χ3v) is 12.2. The van der Waals surface area contributed by atoms with Crippen LogP contribution in [-0.4, -0.2) is 78.7 Å². The molecule has 4 aliphatic rings. The Morgan fingerprint density at radius 1 is 0.918 bits per heavy atom. The lowest BCUT2D eigenvalue weighted by Gasteiger charge is -2.27. The van der Waals surface area contributed by atoms with Crippen LogP contribution in [0.15, 0.2) is 48.5 Å². The van der Waals surface area contributed by atoms with E-state index in [-0.39, 0.29) is 29.8 Å². The number of hydrogen-bond donors (Lipinski definition) is 5. The lowest BCUT2D eigenvalue weighted by molar-refractivity contribution is -0.122. The monoisotopic (exact) mass is 689 g/mol. The second-order valence-electron chi connectivity index (χ2n) is 14.5. The molecule has 6 rings (SSSR count). The number of nitrogens with one attached hydrogen (secondary N) is 4. The molecule has 4 fully saturated rings. The number of Topliss-reactive ketones (excluding diaryl/α,β-unsaturated/α-hetero) is 1. The molecule has 2 aliphatic carbocycles. The quantitative estimate of drug-likeness (QED) is 0.101. The smallest absolute Gasteiger partial charge is 0.315 e. The Hall–Kier alpha value is -2.92. The normalized spacial score (nSPS) is 27.3. The van der Waals surface area contributed by atoms with Crippen molar-refractivity contribution >= 4 is 29.5 Å². The van der Waals surface area contributed by atoms with Crippen LogP contribution in [0.2, 0.25) is 0 Å². The number of nitrogens with two attached hydrogens (primary N) is 1. The number of thioether (sulfide) groups is 1. The van der Waals surface area contributed by atoms with Crippen molar-refractivity contribution in [3.05, 3.63) is 59.7 Å². The zero-order valence-electron chi connectivity index (χ0n) is 28.8. The van der Waals surface area contributed by atoms with Crippen LogP contribution in [0.5, 0.6) is 0 Å². The molecule has 0 aromatic heterocycles. The molecule has 5 atom stereocenters. The molecule has 2 aromatic carbocycles. The van der Waals surface area contributed by atoms with Crippen molar-refractivity contribution in [3.8, 4) is 11.1 Å². The van der Waals surface area contributed by atoms with Crippen LogP contribution in [0.1, 0.15) is 94.1 Å². The van der Waals surface area contributed by atoms with Gasteiger partial charge in [-0.1, -0.05) is 61.4 Å². The number of aryl methyl sites for hydroxylation is 1. The highest BCUT2D eigenvalue weighted by atomic mass is 32.2. The fraction of sp³-hybridized carbons (Fsp3) is 0.615. The van der Waals surface area contributed by atoms with Gasteiger partial charge in [-0.2, -0.15) is 11.8 Å². The number of amides is 3. The van der Waals surface area contributed by atoms with Crippen molar-refractivity contribution in [1.82, 2.24) is 21.3 Å². The molecule has 10 heteroatoms. The molecular weight excluding hydrogens is 635 g/mol. The number of ketones is 1. The van der Waals surface area contributed by atoms with E-state index >= 15 is 0 Å². The maximum Gasteiger partial charge on any atom is 0.315 e. The summed E-state index contributed by atoms with van der Waals surface area (Å²) >= 11 is 1.94. The third kappa shape index (κ3) is 10.8. The third-order valence-electron chi connectivity index (χ3n) is 10.7. The molecule has 0 radical (unpaired) electrons. The summed E-state index contributed by atoms with van der Waals surface area (Å²) in [7, 11) is 0. The topological polar surface area (TPSA) is 135 Å². The van der Waals surface area contributed by atoms with Gasteiger partial charge in [0.1, 0.15) is 5.78 Å². The number of carbonyl (C=O) groups excluding carboxylic acids is 3. The van der Waals surface area contributed by atoms with Gasteiger partial charge in [-0.25, -0.2) is 4.79 Å². The van der Waals surface area contributed by atoms with Crippen LogP contribution in [-0.2, 0) is 20.7 Å². The SMILES string of the molecule is NC1CCC(N[C@@H]2C[C@H]2c2ccc(-c3cccc(CCC(=O)NCCOCCC(=O)CCCCC[C@@H]4SC[C@@H]5NC(=O)N[C@@H]54)c3)cc2)CC1. The van der Waals surface area contributed by atoms with Gasteiger partial charge in [-0.15, -0.1) is 0 Å². The van der Waals surface area contributed by atoms with Crippen LogP contribution in [0, 0.1) is 0 Å². The summed E-state index contributed by atoms with van der Waals surface area (Å²) in [5, 5.41) is 13.3. The van der Waals surface area contributed by atoms with Crippen molar-refractivity contribution in [2.75, 3.05) is 25.5 Å². The molecule has 49 heavy (non-hydrogen) atoms. The summed E-state index contributed by atoms with van der Waals surface area (Å²) in [4.78, 5) is 36.2. The van der Waals surface area contributed by atoms with Crippen molar-refractivity contribution in [3.63, 3.8) is 0 Å². The number of hydrogen-bond acceptors (Lipinski definition) is 7. The molecule has 6 N–H and O–H groups in total. The van der Waals surface area contributed by atoms with Gasteiger partial charge in [0, 0.05) is 60.9 Å². The van der Waals surface area contributed by atoms with E-state index in [0.29, 0.717) is 74.7 Å². The van der Waals surface area contributed by atoms with E-state index < -0.39 is 0 Å². The Morgan fingerprint density at radius 3 is 2.59 bits per heavy atom. The van der Waals surface area contributed by atoms with Gasteiger partial charge in [0.15, 0.2) is 0 Å². The maximum atomic E-state index is 12.5. The lowest BCUT2D eigenvalue weighted by atomic mass is 9.91. The van der Waals surface area contributed by atoms with Crippen molar-refractivity contribution in [1.29, 1.82) is 0 Å². The fourth-order valence-corrected chi connectivity index (χ4v) is 9.22. The highest BCUT2D eigenvalue weighted by Crippen LogP contribution is 2.42. The largest absolute Gasteiger partial charge is 0.379 e. The van der Waals surface area contributed by atoms with Crippen LogP contribution in [0.3, 0.4) is 0 Å². The minimum absolute atomic E-state index is 0.0104. The molecule has 266 valence electrons. The average Bonchev–Trinajstić information content (AvgIpc) is 3.63. The first-order valence-corrected chi connectivity index (χ1v) is 19.7. The molecule has 0 spiro atoms. The Morgan fingerprint density at radius 2 is 1.76 bits per heavy atom. The second-order valence-corrected chi connectivity index (χ2v) is 15.8. The van der Waals surface area contributed by atoms with E-state index in [1.54, 1.807) is 0 Å². The van der Waals surface area contributed by atoms with Crippen molar-refractivity contribution < 1.29 is 19.1 Å². The molecule has 0 unspecified atom stereocenters. The fourth-order valence-electron chi connectivity index (χ4n) is 7.67. The van der Waals surface area contributed by atoms with Gasteiger partial charge < -0.3 is 31.7 Å². The molecule has 3 amide bonds. The van der Waals surface area contributed by atoms with E-state index in [1.807, 2.05) is 11.8 Å². The Balaban J connectivity index is 0.787. The van der Waals surface area contributed by atoms with Crippen LogP contribution >= 0.6 is 11.8 Å². The summed E-state index contributed by atoms with van der Waals surface area (Å²) in [5.74, 6) is 1.84. The number of benzene rings is 2. The lowest BCUT2D eigenvalue weighted by Crippen LogP contribution is -2.38. The van der Waals surface area contributed by atoms with E-state index in [9.17, 15) is 14.4 Å². The predicted molar refractivity (Wildman–Crippen MR) is 197 cm³/mol. The molecule has 2 aliphatic heterocycles. The summed E-state index contributed by atoms with van der Waals surface area (Å²) in [6.45, 7) is 1.25. The van der Waals surface area contributed by atoms with Gasteiger partial charge in [0.2, 0.25) is 5.91 Å². The van der Waals surface area contributed by atoms with E-state index in [1.165, 1.54) is 36.0 Å². The van der Waals surface area contributed by atoms with Gasteiger partial charge in [-0.05, 0) is 73.6 Å². The number of fused-ring (bicyclic) bond motifs is 1. The first-order chi connectivity index (χ1) is 23.9. The highest BCUT2D eigenvalue weighted by Gasteiger charge is 2.42. The zero-order chi connectivity index (χ0) is 34.0. The van der Waals surface area contributed by atoms with Crippen LogP contribution in [0.25, 0.3) is 11.1 Å². The molecule has 0 bridgehead atoms. The number of rotatable bonds is 19. The van der Waals surface area contributed by atoms with Gasteiger partial charge in [0.05, 0.1) is 25.3 Å². The van der Waals surface area contributed by atoms with Gasteiger partial charge in [-0.3, -0.25) is 9.59 Å². The molecule has 2 aromatic rings. The van der Waals surface area contributed by atoms with Crippen LogP contribution < -0.4 is 27.0 Å². The Kier molecular flexibility index (Phi) is 13.1. The van der Waals surface area contributed by atoms with Crippen molar-refractivity contribution in [2.24, 2.45) is 5.73 Å². The van der Waals surface area contributed by atoms with Crippen LogP contribution in [0.4, 0.5) is 4.79 Å². The van der Waals surface area contributed by atoms with Gasteiger partial charge in [0.25, 0.3) is 0 Å². The first kappa shape index (κ1) is 35.9. The summed E-state index contributed by atoms with van der Waals surface area (Å²) < 4.78 is 5.61. The van der Waals surface area contributed by atoms with E-state index in [4.69, 9.17) is 10.5 Å². The summed E-state index contributed by atoms with van der Waals surface area (Å²) in [6.07, 6.45) is 12.1. The molecule has 2 saturated carbocycles.